The Morgan fingerprint density at radius 1 is 0.536 bits per heavy atom. The number of phenols is 4. The van der Waals surface area contributed by atoms with Crippen LogP contribution in [0.25, 0.3) is 11.0 Å². The molecule has 28 heavy (non-hydrogen) atoms. The van der Waals surface area contributed by atoms with Crippen molar-refractivity contribution in [1.82, 2.24) is 9.97 Å². The van der Waals surface area contributed by atoms with E-state index in [0.29, 0.717) is 0 Å². The van der Waals surface area contributed by atoms with Crippen molar-refractivity contribution in [3.05, 3.63) is 84.2 Å². The van der Waals surface area contributed by atoms with Gasteiger partial charge in [0.1, 0.15) is 23.0 Å². The lowest BCUT2D eigenvalue weighted by atomic mass is 10.2. The van der Waals surface area contributed by atoms with E-state index in [0.717, 1.165) is 22.2 Å². The Labute approximate surface area is 163 Å². The topological polar surface area (TPSA) is 107 Å². The molecule has 1 heterocycles. The maximum Gasteiger partial charge on any atom is 0.119 e. The van der Waals surface area contributed by atoms with Gasteiger partial charge in [0.05, 0.1) is 11.0 Å². The lowest BCUT2D eigenvalue weighted by Crippen LogP contribution is -1.78. The van der Waals surface area contributed by atoms with Crippen LogP contribution in [-0.2, 0) is 0 Å². The quantitative estimate of drug-likeness (QED) is 0.360. The van der Waals surface area contributed by atoms with Gasteiger partial charge in [-0.2, -0.15) is 0 Å². The summed E-state index contributed by atoms with van der Waals surface area (Å²) in [5, 5.41) is 35.3. The molecule has 0 fully saturated rings. The first-order valence-corrected chi connectivity index (χ1v) is 8.48. The third-order valence-electron chi connectivity index (χ3n) is 3.47. The number of aromatic hydroxyl groups is 4. The number of para-hydroxylation sites is 2. The van der Waals surface area contributed by atoms with Crippen LogP contribution in [0.3, 0.4) is 0 Å². The van der Waals surface area contributed by atoms with Gasteiger partial charge in [-0.15, -0.1) is 0 Å². The van der Waals surface area contributed by atoms with Crippen LogP contribution in [0, 0.1) is 13.8 Å². The lowest BCUT2D eigenvalue weighted by molar-refractivity contribution is 0.448. The number of benzene rings is 3. The van der Waals surface area contributed by atoms with Crippen molar-refractivity contribution in [3.63, 3.8) is 0 Å². The summed E-state index contributed by atoms with van der Waals surface area (Å²) in [5.74, 6) is 0.417. The second-order valence-corrected chi connectivity index (χ2v) is 6.10. The maximum atomic E-state index is 8.83. The van der Waals surface area contributed by atoms with Crippen molar-refractivity contribution in [3.8, 4) is 23.0 Å². The molecule has 0 saturated carbocycles. The highest BCUT2D eigenvalue weighted by atomic mass is 16.3. The number of hydrogen-bond acceptors (Lipinski definition) is 6. The van der Waals surface area contributed by atoms with E-state index < -0.39 is 0 Å². The molecule has 4 N–H and O–H groups in total. The van der Waals surface area contributed by atoms with Gasteiger partial charge in [-0.25, -0.2) is 0 Å². The molecule has 0 aliphatic heterocycles. The minimum absolute atomic E-state index is 0.104. The number of phenolic OH excluding ortho intramolecular Hbond substituents is 4. The first-order chi connectivity index (χ1) is 13.3. The first kappa shape index (κ1) is 20.5. The summed E-state index contributed by atoms with van der Waals surface area (Å²) in [7, 11) is 0. The van der Waals surface area contributed by atoms with Crippen LogP contribution < -0.4 is 0 Å². The van der Waals surface area contributed by atoms with Crippen molar-refractivity contribution < 1.29 is 20.4 Å². The highest BCUT2D eigenvalue weighted by molar-refractivity contribution is 5.72. The maximum absolute atomic E-state index is 8.83. The molecule has 144 valence electrons. The average molecular weight is 378 g/mol. The Morgan fingerprint density at radius 3 is 1.14 bits per heavy atom. The van der Waals surface area contributed by atoms with Crippen LogP contribution in [0.4, 0.5) is 0 Å². The van der Waals surface area contributed by atoms with Gasteiger partial charge < -0.3 is 20.4 Å². The second-order valence-electron chi connectivity index (χ2n) is 6.10. The second kappa shape index (κ2) is 9.78. The molecule has 1 aromatic heterocycles. The Kier molecular flexibility index (Phi) is 7.16. The lowest BCUT2D eigenvalue weighted by Gasteiger charge is -1.95. The fraction of sp³-hybridized carbons (Fsp3) is 0.0909. The molecule has 6 nitrogen and oxygen atoms in total. The number of rotatable bonds is 0. The van der Waals surface area contributed by atoms with Crippen LogP contribution in [-0.4, -0.2) is 30.4 Å². The van der Waals surface area contributed by atoms with Gasteiger partial charge in [0.15, 0.2) is 0 Å². The fourth-order valence-corrected chi connectivity index (χ4v) is 2.40. The standard InChI is InChI=1S/C8H6N2.2C7H8O2/c1-2-4-8-7(3-1)9-5-6-10-8;2*1-5-2-6(8)4-7(9)3-5/h1-6H;2*2-4,8-9H,1H3. The minimum atomic E-state index is 0.104. The summed E-state index contributed by atoms with van der Waals surface area (Å²) >= 11 is 0. The van der Waals surface area contributed by atoms with E-state index in [9.17, 15) is 0 Å². The van der Waals surface area contributed by atoms with Gasteiger partial charge in [-0.05, 0) is 61.4 Å². The van der Waals surface area contributed by atoms with Crippen LogP contribution in [0.2, 0.25) is 0 Å². The zero-order valence-electron chi connectivity index (χ0n) is 15.6. The number of nitrogens with zero attached hydrogens (tertiary/aromatic N) is 2. The molecule has 0 bridgehead atoms. The summed E-state index contributed by atoms with van der Waals surface area (Å²) in [6.07, 6.45) is 3.39. The Balaban J connectivity index is 0.000000151. The predicted molar refractivity (Wildman–Crippen MR) is 109 cm³/mol. The summed E-state index contributed by atoms with van der Waals surface area (Å²) in [4.78, 5) is 8.24. The predicted octanol–water partition coefficient (Wildman–Crippen LogP) is 4.44. The van der Waals surface area contributed by atoms with E-state index in [2.05, 4.69) is 9.97 Å². The molecule has 4 rings (SSSR count). The van der Waals surface area contributed by atoms with Gasteiger partial charge >= 0.3 is 0 Å². The van der Waals surface area contributed by atoms with Gasteiger partial charge in [-0.3, -0.25) is 9.97 Å². The zero-order valence-corrected chi connectivity index (χ0v) is 15.6. The summed E-state index contributed by atoms with van der Waals surface area (Å²) in [6.45, 7) is 3.61. The van der Waals surface area contributed by atoms with E-state index in [-0.39, 0.29) is 23.0 Å². The molecule has 0 amide bonds. The molecule has 0 aliphatic rings. The zero-order chi connectivity index (χ0) is 20.5. The third kappa shape index (κ3) is 6.84. The molecule has 3 aromatic carbocycles. The van der Waals surface area contributed by atoms with Crippen LogP contribution in [0.1, 0.15) is 11.1 Å². The van der Waals surface area contributed by atoms with Crippen molar-refractivity contribution in [2.24, 2.45) is 0 Å². The smallest absolute Gasteiger partial charge is 0.119 e. The molecular weight excluding hydrogens is 356 g/mol. The Bertz CT molecular complexity index is 836. The molecule has 0 radical (unpaired) electrons. The average Bonchev–Trinajstić information content (AvgIpc) is 2.60. The van der Waals surface area contributed by atoms with Crippen LogP contribution >= 0.6 is 0 Å². The fourth-order valence-electron chi connectivity index (χ4n) is 2.40. The van der Waals surface area contributed by atoms with Crippen LogP contribution in [0.5, 0.6) is 23.0 Å². The third-order valence-corrected chi connectivity index (χ3v) is 3.47. The Morgan fingerprint density at radius 2 is 0.857 bits per heavy atom. The highest BCUT2D eigenvalue weighted by Crippen LogP contribution is 2.19. The molecule has 0 aliphatic carbocycles. The van der Waals surface area contributed by atoms with Crippen molar-refractivity contribution >= 4 is 11.0 Å². The van der Waals surface area contributed by atoms with E-state index in [1.165, 1.54) is 12.1 Å². The van der Waals surface area contributed by atoms with E-state index in [4.69, 9.17) is 20.4 Å². The van der Waals surface area contributed by atoms with Gasteiger partial charge in [0, 0.05) is 24.5 Å². The summed E-state index contributed by atoms with van der Waals surface area (Å²) in [5.41, 5.74) is 3.61. The summed E-state index contributed by atoms with van der Waals surface area (Å²) in [6, 6.07) is 16.7. The highest BCUT2D eigenvalue weighted by Gasteiger charge is 1.92. The van der Waals surface area contributed by atoms with Gasteiger partial charge in [0.2, 0.25) is 0 Å². The van der Waals surface area contributed by atoms with E-state index in [1.807, 2.05) is 24.3 Å². The molecule has 0 saturated heterocycles. The number of fused-ring (bicyclic) bond motifs is 1. The Hall–Kier alpha value is -3.80. The van der Waals surface area contributed by atoms with Crippen LogP contribution in [0.15, 0.2) is 73.1 Å². The van der Waals surface area contributed by atoms with Crippen molar-refractivity contribution in [2.45, 2.75) is 13.8 Å². The normalized spacial score (nSPS) is 9.64. The molecular formula is C22H22N2O4. The first-order valence-electron chi connectivity index (χ1n) is 8.48. The summed E-state index contributed by atoms with van der Waals surface area (Å²) < 4.78 is 0. The molecule has 6 heteroatoms. The van der Waals surface area contributed by atoms with E-state index in [1.54, 1.807) is 50.5 Å². The van der Waals surface area contributed by atoms with Crippen molar-refractivity contribution in [1.29, 1.82) is 0 Å². The molecule has 0 atom stereocenters. The molecule has 0 unspecified atom stereocenters. The van der Waals surface area contributed by atoms with Crippen molar-refractivity contribution in [2.75, 3.05) is 0 Å². The minimum Gasteiger partial charge on any atom is -0.508 e. The number of aromatic nitrogens is 2. The molecule has 0 spiro atoms. The van der Waals surface area contributed by atoms with E-state index >= 15 is 0 Å². The number of hydrogen-bond donors (Lipinski definition) is 4. The SMILES string of the molecule is Cc1cc(O)cc(O)c1.Cc1cc(O)cc(O)c1.c1ccc2nccnc2c1. The molecule has 4 aromatic rings. The number of aryl methyl sites for hydroxylation is 2. The van der Waals surface area contributed by atoms with Gasteiger partial charge in [-0.1, -0.05) is 12.1 Å². The monoisotopic (exact) mass is 378 g/mol. The largest absolute Gasteiger partial charge is 0.508 e. The van der Waals surface area contributed by atoms with Gasteiger partial charge in [0.25, 0.3) is 0 Å².